The number of carbonyl (C=O) groups is 2. The molecule has 2 aliphatic rings. The second-order valence-electron chi connectivity index (χ2n) is 11.0. The Hall–Kier alpha value is -4.09. The molecule has 4 N–H and O–H groups in total. The number of ketones is 1. The van der Waals surface area contributed by atoms with Crippen LogP contribution in [0.25, 0.3) is 11.3 Å². The highest BCUT2D eigenvalue weighted by atomic mass is 19.1. The minimum atomic E-state index is -2.66. The van der Waals surface area contributed by atoms with Crippen molar-refractivity contribution in [3.05, 3.63) is 71.2 Å². The number of aliphatic hydroxyl groups excluding tert-OH is 1. The van der Waals surface area contributed by atoms with Crippen molar-refractivity contribution < 1.29 is 42.8 Å². The average Bonchev–Trinajstić information content (AvgIpc) is 3.70. The van der Waals surface area contributed by atoms with Gasteiger partial charge in [0.15, 0.2) is 23.0 Å². The standard InChI is InChI=1S/C31H32F2N2O7/c1-17(36)15-40-24-10-5-19(13-25(24)42-21-8-9-21)23(37)11-12-30(2,39)26-14-22-28(41-16-31(22,33)29(34)38)27(35-26)18-3-6-20(32)7-4-18/h3-7,10,13-14,17,21,36,39H,8-9,11-12,15-16H2,1-2H3,(H2,34,38)/t17-,30-,31-/m1/s1. The van der Waals surface area contributed by atoms with Crippen LogP contribution in [0.1, 0.15) is 61.1 Å². The molecule has 1 aliphatic carbocycles. The number of alkyl halides is 1. The summed E-state index contributed by atoms with van der Waals surface area (Å²) in [6, 6.07) is 11.2. The highest BCUT2D eigenvalue weighted by Crippen LogP contribution is 2.47. The van der Waals surface area contributed by atoms with Crippen molar-refractivity contribution in [1.29, 1.82) is 0 Å². The number of primary amides is 1. The maximum absolute atomic E-state index is 15.7. The van der Waals surface area contributed by atoms with Gasteiger partial charge in [0.1, 0.15) is 30.3 Å². The third kappa shape index (κ3) is 6.07. The molecule has 1 aliphatic heterocycles. The van der Waals surface area contributed by atoms with Crippen LogP contribution in [0.4, 0.5) is 8.78 Å². The first-order chi connectivity index (χ1) is 19.9. The second kappa shape index (κ2) is 11.3. The van der Waals surface area contributed by atoms with Crippen LogP contribution < -0.4 is 19.9 Å². The molecule has 11 heteroatoms. The summed E-state index contributed by atoms with van der Waals surface area (Å²) in [6.45, 7) is 2.42. The molecule has 1 amide bonds. The molecule has 9 nitrogen and oxygen atoms in total. The quantitative estimate of drug-likeness (QED) is 0.271. The first-order valence-electron chi connectivity index (χ1n) is 13.7. The summed E-state index contributed by atoms with van der Waals surface area (Å²) in [6.07, 6.45) is 0.934. The van der Waals surface area contributed by atoms with Crippen molar-refractivity contribution in [2.75, 3.05) is 13.2 Å². The van der Waals surface area contributed by atoms with Crippen LogP contribution in [0.5, 0.6) is 17.2 Å². The Kier molecular flexibility index (Phi) is 7.91. The fourth-order valence-electron chi connectivity index (χ4n) is 4.60. The molecule has 222 valence electrons. The zero-order valence-corrected chi connectivity index (χ0v) is 23.2. The summed E-state index contributed by atoms with van der Waals surface area (Å²) < 4.78 is 46.3. The number of Topliss-reactive ketones (excluding diaryl/α,β-unsaturated/α-hetero) is 1. The van der Waals surface area contributed by atoms with Crippen molar-refractivity contribution in [1.82, 2.24) is 4.98 Å². The Morgan fingerprint density at radius 2 is 1.90 bits per heavy atom. The zero-order chi connectivity index (χ0) is 30.2. The number of aliphatic hydroxyl groups is 2. The fraction of sp³-hybridized carbons (Fsp3) is 0.387. The minimum Gasteiger partial charge on any atom is -0.487 e. The van der Waals surface area contributed by atoms with Gasteiger partial charge in [0.25, 0.3) is 11.6 Å². The van der Waals surface area contributed by atoms with Gasteiger partial charge in [0, 0.05) is 23.1 Å². The van der Waals surface area contributed by atoms with Gasteiger partial charge in [-0.3, -0.25) is 9.59 Å². The van der Waals surface area contributed by atoms with Crippen LogP contribution in [0, 0.1) is 5.82 Å². The van der Waals surface area contributed by atoms with Crippen molar-refractivity contribution in [3.63, 3.8) is 0 Å². The molecule has 3 atom stereocenters. The fourth-order valence-corrected chi connectivity index (χ4v) is 4.60. The van der Waals surface area contributed by atoms with Crippen LogP contribution in [-0.4, -0.2) is 52.3 Å². The molecule has 2 aromatic carbocycles. The van der Waals surface area contributed by atoms with E-state index in [0.29, 0.717) is 22.6 Å². The van der Waals surface area contributed by atoms with Crippen LogP contribution in [0.2, 0.25) is 0 Å². The number of hydrogen-bond donors (Lipinski definition) is 3. The molecule has 0 saturated heterocycles. The summed E-state index contributed by atoms with van der Waals surface area (Å²) in [4.78, 5) is 29.8. The van der Waals surface area contributed by atoms with E-state index in [-0.39, 0.29) is 54.0 Å². The van der Waals surface area contributed by atoms with E-state index in [4.69, 9.17) is 19.9 Å². The smallest absolute Gasteiger partial charge is 0.263 e. The van der Waals surface area contributed by atoms with Crippen LogP contribution >= 0.6 is 0 Å². The van der Waals surface area contributed by atoms with E-state index in [1.165, 1.54) is 37.3 Å². The number of nitrogens with zero attached hydrogens (tertiary/aromatic N) is 1. The predicted octanol–water partition coefficient (Wildman–Crippen LogP) is 4.10. The van der Waals surface area contributed by atoms with Crippen molar-refractivity contribution in [2.24, 2.45) is 5.73 Å². The Morgan fingerprint density at radius 3 is 2.55 bits per heavy atom. The molecule has 1 fully saturated rings. The van der Waals surface area contributed by atoms with Crippen LogP contribution in [-0.2, 0) is 16.1 Å². The Labute approximate surface area is 241 Å². The summed E-state index contributed by atoms with van der Waals surface area (Å²) in [5.74, 6) is -1.27. The maximum Gasteiger partial charge on any atom is 0.263 e. The monoisotopic (exact) mass is 582 g/mol. The SMILES string of the molecule is C[C@@H](O)COc1ccc(C(=O)CC[C@@](C)(O)c2cc3c(c(-c4ccc(F)cc4)n2)OC[C@]3(F)C(N)=O)cc1OC1CC1. The van der Waals surface area contributed by atoms with Gasteiger partial charge in [-0.1, -0.05) is 0 Å². The van der Waals surface area contributed by atoms with Gasteiger partial charge in [-0.05, 0) is 81.6 Å². The molecular formula is C31H32F2N2O7. The number of carbonyl (C=O) groups excluding carboxylic acids is 2. The van der Waals surface area contributed by atoms with Gasteiger partial charge in [0.2, 0.25) is 0 Å². The topological polar surface area (TPSA) is 141 Å². The molecule has 1 aromatic heterocycles. The number of aromatic nitrogens is 1. The first kappa shape index (κ1) is 29.4. The molecule has 0 spiro atoms. The lowest BCUT2D eigenvalue weighted by Gasteiger charge is -2.25. The number of hydrogen-bond acceptors (Lipinski definition) is 8. The van der Waals surface area contributed by atoms with Crippen LogP contribution in [0.3, 0.4) is 0 Å². The maximum atomic E-state index is 15.7. The summed E-state index contributed by atoms with van der Waals surface area (Å²) in [7, 11) is 0. The van der Waals surface area contributed by atoms with Gasteiger partial charge >= 0.3 is 0 Å². The van der Waals surface area contributed by atoms with E-state index in [1.807, 2.05) is 0 Å². The van der Waals surface area contributed by atoms with E-state index in [9.17, 15) is 24.2 Å². The molecule has 2 heterocycles. The lowest BCUT2D eigenvalue weighted by atomic mass is 9.88. The number of ether oxygens (including phenoxy) is 3. The lowest BCUT2D eigenvalue weighted by molar-refractivity contribution is -0.130. The van der Waals surface area contributed by atoms with E-state index < -0.39 is 35.7 Å². The molecule has 3 aromatic rings. The van der Waals surface area contributed by atoms with Gasteiger partial charge in [-0.25, -0.2) is 13.8 Å². The normalized spacial score (nSPS) is 19.8. The molecule has 42 heavy (non-hydrogen) atoms. The Morgan fingerprint density at radius 1 is 1.19 bits per heavy atom. The third-order valence-corrected chi connectivity index (χ3v) is 7.28. The van der Waals surface area contributed by atoms with Crippen molar-refractivity contribution in [3.8, 4) is 28.5 Å². The first-order valence-corrected chi connectivity index (χ1v) is 13.7. The van der Waals surface area contributed by atoms with Crippen LogP contribution in [0.15, 0.2) is 48.5 Å². The van der Waals surface area contributed by atoms with Gasteiger partial charge < -0.3 is 30.2 Å². The third-order valence-electron chi connectivity index (χ3n) is 7.28. The number of halogens is 2. The predicted molar refractivity (Wildman–Crippen MR) is 148 cm³/mol. The number of rotatable bonds is 12. The lowest BCUT2D eigenvalue weighted by Crippen LogP contribution is -2.38. The molecule has 0 bridgehead atoms. The number of benzene rings is 2. The molecule has 1 saturated carbocycles. The highest BCUT2D eigenvalue weighted by molar-refractivity contribution is 5.96. The van der Waals surface area contributed by atoms with Gasteiger partial charge in [0.05, 0.1) is 17.9 Å². The van der Waals surface area contributed by atoms with E-state index in [0.717, 1.165) is 12.8 Å². The van der Waals surface area contributed by atoms with E-state index >= 15 is 4.39 Å². The number of pyridine rings is 1. The van der Waals surface area contributed by atoms with Gasteiger partial charge in [-0.15, -0.1) is 0 Å². The second-order valence-corrected chi connectivity index (χ2v) is 11.0. The zero-order valence-electron chi connectivity index (χ0n) is 23.2. The summed E-state index contributed by atoms with van der Waals surface area (Å²) >= 11 is 0. The summed E-state index contributed by atoms with van der Waals surface area (Å²) in [5.41, 5.74) is 1.56. The van der Waals surface area contributed by atoms with Crippen molar-refractivity contribution >= 4 is 11.7 Å². The van der Waals surface area contributed by atoms with E-state index in [2.05, 4.69) is 4.98 Å². The molecule has 0 unspecified atom stereocenters. The Balaban J connectivity index is 1.41. The Bertz CT molecular complexity index is 1510. The average molecular weight is 583 g/mol. The van der Waals surface area contributed by atoms with Crippen molar-refractivity contribution in [2.45, 2.75) is 63.0 Å². The van der Waals surface area contributed by atoms with Gasteiger partial charge in [-0.2, -0.15) is 0 Å². The molecule has 0 radical (unpaired) electrons. The number of fused-ring (bicyclic) bond motifs is 1. The summed E-state index contributed by atoms with van der Waals surface area (Å²) in [5, 5.41) is 21.0. The highest BCUT2D eigenvalue weighted by Gasteiger charge is 2.49. The number of amides is 1. The van der Waals surface area contributed by atoms with E-state index in [1.54, 1.807) is 25.1 Å². The largest absolute Gasteiger partial charge is 0.487 e. The molecular weight excluding hydrogens is 550 g/mol. The number of nitrogens with two attached hydrogens (primary N) is 1. The molecule has 5 rings (SSSR count). The minimum absolute atomic E-state index is 0.0122.